The Morgan fingerprint density at radius 1 is 1.21 bits per heavy atom. The second-order valence-electron chi connectivity index (χ2n) is 7.57. The molecule has 132 valence electrons. The number of benzene rings is 1. The molecule has 4 nitrogen and oxygen atoms in total. The number of carbonyl (C=O) groups excluding carboxylic acids is 1. The highest BCUT2D eigenvalue weighted by Gasteiger charge is 2.37. The molecule has 1 aromatic carbocycles. The molecule has 24 heavy (non-hydrogen) atoms. The first-order valence-electron chi connectivity index (χ1n) is 8.56. The molecular formula is C19H29NO3Si. The van der Waals surface area contributed by atoms with Gasteiger partial charge >= 0.3 is 5.97 Å². The molecule has 1 aromatic heterocycles. The van der Waals surface area contributed by atoms with E-state index < -0.39 is 8.32 Å². The molecule has 0 aliphatic rings. The topological polar surface area (TPSA) is 40.5 Å². The number of nitrogens with zero attached hydrogens (tertiary/aromatic N) is 1. The van der Waals surface area contributed by atoms with Crippen molar-refractivity contribution in [1.82, 2.24) is 4.57 Å². The summed E-state index contributed by atoms with van der Waals surface area (Å²) in [4.78, 5) is 12.3. The van der Waals surface area contributed by atoms with Gasteiger partial charge in [-0.15, -0.1) is 0 Å². The van der Waals surface area contributed by atoms with Gasteiger partial charge in [-0.25, -0.2) is 4.79 Å². The van der Waals surface area contributed by atoms with E-state index in [4.69, 9.17) is 9.16 Å². The Balaban J connectivity index is 2.24. The third-order valence-corrected chi connectivity index (χ3v) is 9.42. The van der Waals surface area contributed by atoms with Crippen LogP contribution in [0.1, 0.15) is 38.2 Å². The molecule has 0 saturated carbocycles. The molecule has 2 aromatic rings. The zero-order chi connectivity index (χ0) is 18.0. The van der Waals surface area contributed by atoms with E-state index in [0.717, 1.165) is 10.9 Å². The fraction of sp³-hybridized carbons (Fsp3) is 0.526. The lowest BCUT2D eigenvalue weighted by Crippen LogP contribution is -2.41. The molecule has 0 unspecified atom stereocenters. The van der Waals surface area contributed by atoms with Crippen LogP contribution in [0.5, 0.6) is 0 Å². The third-order valence-electron chi connectivity index (χ3n) is 4.88. The van der Waals surface area contributed by atoms with Crippen molar-refractivity contribution in [2.75, 3.05) is 13.2 Å². The zero-order valence-corrected chi connectivity index (χ0v) is 16.7. The number of rotatable bonds is 6. The quantitative estimate of drug-likeness (QED) is 0.554. The van der Waals surface area contributed by atoms with Gasteiger partial charge < -0.3 is 13.7 Å². The van der Waals surface area contributed by atoms with Crippen LogP contribution < -0.4 is 0 Å². The summed E-state index contributed by atoms with van der Waals surface area (Å²) in [5.41, 5.74) is 1.64. The number of esters is 1. The molecule has 5 heteroatoms. The Kier molecular flexibility index (Phi) is 5.55. The summed E-state index contributed by atoms with van der Waals surface area (Å²) < 4.78 is 13.5. The predicted octanol–water partition coefficient (Wildman–Crippen LogP) is 4.84. The highest BCUT2D eigenvalue weighted by atomic mass is 28.4. The minimum Gasteiger partial charge on any atom is -0.461 e. The van der Waals surface area contributed by atoms with Crippen molar-refractivity contribution in [2.45, 2.75) is 52.4 Å². The summed E-state index contributed by atoms with van der Waals surface area (Å²) in [6.45, 7) is 14.6. The van der Waals surface area contributed by atoms with Gasteiger partial charge in [-0.2, -0.15) is 0 Å². The summed E-state index contributed by atoms with van der Waals surface area (Å²) in [6.07, 6.45) is 0. The molecule has 0 bridgehead atoms. The first kappa shape index (κ1) is 18.7. The van der Waals surface area contributed by atoms with Gasteiger partial charge in [-0.3, -0.25) is 0 Å². The van der Waals surface area contributed by atoms with Gasteiger partial charge in [0, 0.05) is 17.4 Å². The number of hydrogen-bond donors (Lipinski definition) is 0. The second-order valence-corrected chi connectivity index (χ2v) is 12.4. The summed E-state index contributed by atoms with van der Waals surface area (Å²) in [7, 11) is -1.80. The van der Waals surface area contributed by atoms with Crippen molar-refractivity contribution in [3.8, 4) is 0 Å². The first-order chi connectivity index (χ1) is 11.2. The number of ether oxygens (including phenoxy) is 1. The molecule has 0 amide bonds. The maximum Gasteiger partial charge on any atom is 0.354 e. The Bertz CT molecular complexity index is 713. The summed E-state index contributed by atoms with van der Waals surface area (Å²) >= 11 is 0. The molecule has 0 saturated heterocycles. The Labute approximate surface area is 145 Å². The van der Waals surface area contributed by atoms with E-state index >= 15 is 0 Å². The molecule has 0 radical (unpaired) electrons. The van der Waals surface area contributed by atoms with Crippen LogP contribution in [0.15, 0.2) is 30.3 Å². The van der Waals surface area contributed by atoms with Crippen molar-refractivity contribution < 1.29 is 14.0 Å². The number of para-hydroxylation sites is 1. The van der Waals surface area contributed by atoms with E-state index in [0.29, 0.717) is 25.5 Å². The fourth-order valence-corrected chi connectivity index (χ4v) is 3.47. The average Bonchev–Trinajstić information content (AvgIpc) is 2.85. The first-order valence-corrected chi connectivity index (χ1v) is 11.5. The predicted molar refractivity (Wildman–Crippen MR) is 101 cm³/mol. The van der Waals surface area contributed by atoms with Gasteiger partial charge in [-0.05, 0) is 37.2 Å². The maximum atomic E-state index is 12.3. The molecule has 0 N–H and O–H groups in total. The van der Waals surface area contributed by atoms with E-state index in [1.807, 2.05) is 41.8 Å². The van der Waals surface area contributed by atoms with Crippen LogP contribution in [-0.2, 0) is 15.7 Å². The van der Waals surface area contributed by atoms with E-state index in [1.165, 1.54) is 0 Å². The van der Waals surface area contributed by atoms with Gasteiger partial charge in [0.25, 0.3) is 0 Å². The van der Waals surface area contributed by atoms with Gasteiger partial charge in [0.05, 0.1) is 13.2 Å². The van der Waals surface area contributed by atoms with Crippen LogP contribution >= 0.6 is 0 Å². The molecule has 1 heterocycles. The van der Waals surface area contributed by atoms with E-state index in [-0.39, 0.29) is 11.0 Å². The van der Waals surface area contributed by atoms with Gasteiger partial charge in [0.15, 0.2) is 8.32 Å². The summed E-state index contributed by atoms with van der Waals surface area (Å²) in [5, 5.41) is 1.23. The van der Waals surface area contributed by atoms with Crippen LogP contribution in [-0.4, -0.2) is 32.1 Å². The molecule has 2 rings (SSSR count). The second kappa shape index (κ2) is 7.11. The van der Waals surface area contributed by atoms with Crippen molar-refractivity contribution in [3.05, 3.63) is 36.0 Å². The minimum absolute atomic E-state index is 0.176. The molecule has 0 spiro atoms. The van der Waals surface area contributed by atoms with Crippen molar-refractivity contribution in [2.24, 2.45) is 0 Å². The Morgan fingerprint density at radius 3 is 2.50 bits per heavy atom. The largest absolute Gasteiger partial charge is 0.461 e. The normalized spacial score (nSPS) is 12.6. The summed E-state index contributed by atoms with van der Waals surface area (Å²) in [5.74, 6) is -0.277. The van der Waals surface area contributed by atoms with Crippen molar-refractivity contribution >= 4 is 25.2 Å². The molecule has 0 atom stereocenters. The highest BCUT2D eigenvalue weighted by Crippen LogP contribution is 2.36. The monoisotopic (exact) mass is 347 g/mol. The van der Waals surface area contributed by atoms with Crippen LogP contribution in [0.2, 0.25) is 18.1 Å². The molecular weight excluding hydrogens is 318 g/mol. The van der Waals surface area contributed by atoms with Crippen LogP contribution in [0.4, 0.5) is 0 Å². The van der Waals surface area contributed by atoms with Gasteiger partial charge in [0.2, 0.25) is 0 Å². The lowest BCUT2D eigenvalue weighted by Gasteiger charge is -2.36. The maximum absolute atomic E-state index is 12.3. The smallest absolute Gasteiger partial charge is 0.354 e. The SMILES string of the molecule is CCOC(=O)c1cc2ccccc2n1CCO[Si](C)(C)C(C)(C)C. The molecule has 0 aliphatic carbocycles. The number of fused-ring (bicyclic) bond motifs is 1. The van der Waals surface area contributed by atoms with Crippen LogP contribution in [0.3, 0.4) is 0 Å². The Morgan fingerprint density at radius 2 is 1.88 bits per heavy atom. The lowest BCUT2D eigenvalue weighted by atomic mass is 10.2. The number of carbonyl (C=O) groups is 1. The molecule has 0 fully saturated rings. The van der Waals surface area contributed by atoms with E-state index in [9.17, 15) is 4.79 Å². The van der Waals surface area contributed by atoms with Gasteiger partial charge in [0.1, 0.15) is 5.69 Å². The summed E-state index contributed by atoms with van der Waals surface area (Å²) in [6, 6.07) is 9.92. The third kappa shape index (κ3) is 3.90. The van der Waals surface area contributed by atoms with Gasteiger partial charge in [-0.1, -0.05) is 39.0 Å². The van der Waals surface area contributed by atoms with E-state index in [1.54, 1.807) is 0 Å². The standard InChI is InChI=1S/C19H29NO3Si/c1-7-22-18(21)17-14-15-10-8-9-11-16(15)20(17)12-13-23-24(5,6)19(2,3)4/h8-11,14H,7,12-13H2,1-6H3. The zero-order valence-electron chi connectivity index (χ0n) is 15.7. The number of hydrogen-bond acceptors (Lipinski definition) is 3. The Hall–Kier alpha value is -1.59. The van der Waals surface area contributed by atoms with Crippen LogP contribution in [0, 0.1) is 0 Å². The minimum atomic E-state index is -1.80. The van der Waals surface area contributed by atoms with Crippen molar-refractivity contribution in [1.29, 1.82) is 0 Å². The molecule has 0 aliphatic heterocycles. The average molecular weight is 348 g/mol. The number of aromatic nitrogens is 1. The van der Waals surface area contributed by atoms with Crippen molar-refractivity contribution in [3.63, 3.8) is 0 Å². The van der Waals surface area contributed by atoms with E-state index in [2.05, 4.69) is 33.9 Å². The van der Waals surface area contributed by atoms with Crippen LogP contribution in [0.25, 0.3) is 10.9 Å². The lowest BCUT2D eigenvalue weighted by molar-refractivity contribution is 0.0513. The highest BCUT2D eigenvalue weighted by molar-refractivity contribution is 6.74. The fourth-order valence-electron chi connectivity index (χ4n) is 2.43.